The van der Waals surface area contributed by atoms with E-state index in [2.05, 4.69) is 17.1 Å². The molecule has 9 heteroatoms. The predicted molar refractivity (Wildman–Crippen MR) is 135 cm³/mol. The molecule has 2 aromatic rings. The third kappa shape index (κ3) is 6.58. The maximum absolute atomic E-state index is 12.8. The SMILES string of the molecule is CCCCOc1ccc(N2C(=O)CC(S/C(N)=N/N=C/c3ccc(N(C)C)cc3)C2=O)cc1. The van der Waals surface area contributed by atoms with Crippen molar-refractivity contribution in [3.05, 3.63) is 54.1 Å². The first-order valence-electron chi connectivity index (χ1n) is 10.8. The van der Waals surface area contributed by atoms with Crippen molar-refractivity contribution in [2.75, 3.05) is 30.5 Å². The second-order valence-electron chi connectivity index (χ2n) is 7.74. The van der Waals surface area contributed by atoms with Gasteiger partial charge in [0.05, 0.1) is 18.5 Å². The summed E-state index contributed by atoms with van der Waals surface area (Å²) in [4.78, 5) is 28.5. The molecular formula is C24H29N5O3S. The van der Waals surface area contributed by atoms with Crippen LogP contribution in [0.15, 0.2) is 58.7 Å². The number of benzene rings is 2. The van der Waals surface area contributed by atoms with Crippen molar-refractivity contribution in [3.63, 3.8) is 0 Å². The van der Waals surface area contributed by atoms with Gasteiger partial charge in [0.25, 0.3) is 0 Å². The number of hydrogen-bond acceptors (Lipinski definition) is 7. The highest BCUT2D eigenvalue weighted by atomic mass is 32.2. The molecule has 1 atom stereocenters. The highest BCUT2D eigenvalue weighted by Crippen LogP contribution is 2.30. The van der Waals surface area contributed by atoms with Crippen LogP contribution in [0, 0.1) is 0 Å². The smallest absolute Gasteiger partial charge is 0.247 e. The minimum atomic E-state index is -0.628. The molecule has 174 valence electrons. The van der Waals surface area contributed by atoms with Crippen molar-refractivity contribution in [2.24, 2.45) is 15.9 Å². The molecule has 1 aliphatic heterocycles. The Morgan fingerprint density at radius 3 is 2.52 bits per heavy atom. The first kappa shape index (κ1) is 24.3. The van der Waals surface area contributed by atoms with E-state index in [0.717, 1.165) is 35.9 Å². The zero-order valence-corrected chi connectivity index (χ0v) is 19.9. The molecule has 1 heterocycles. The zero-order chi connectivity index (χ0) is 23.8. The van der Waals surface area contributed by atoms with Crippen molar-refractivity contribution in [1.29, 1.82) is 0 Å². The van der Waals surface area contributed by atoms with Crippen LogP contribution in [0.2, 0.25) is 0 Å². The number of hydrogen-bond donors (Lipinski definition) is 1. The van der Waals surface area contributed by atoms with Crippen molar-refractivity contribution in [2.45, 2.75) is 31.4 Å². The number of anilines is 2. The molecule has 8 nitrogen and oxygen atoms in total. The maximum Gasteiger partial charge on any atom is 0.247 e. The molecule has 3 rings (SSSR count). The molecule has 2 amide bonds. The lowest BCUT2D eigenvalue weighted by atomic mass is 10.2. The average Bonchev–Trinajstić information content (AvgIpc) is 3.07. The number of rotatable bonds is 9. The van der Waals surface area contributed by atoms with E-state index < -0.39 is 5.25 Å². The van der Waals surface area contributed by atoms with Crippen molar-refractivity contribution < 1.29 is 14.3 Å². The quantitative estimate of drug-likeness (QED) is 0.199. The monoisotopic (exact) mass is 467 g/mol. The van der Waals surface area contributed by atoms with Gasteiger partial charge in [-0.3, -0.25) is 9.59 Å². The van der Waals surface area contributed by atoms with E-state index in [9.17, 15) is 9.59 Å². The Morgan fingerprint density at radius 1 is 1.18 bits per heavy atom. The van der Waals surface area contributed by atoms with E-state index in [4.69, 9.17) is 10.5 Å². The fourth-order valence-electron chi connectivity index (χ4n) is 3.17. The summed E-state index contributed by atoms with van der Waals surface area (Å²) in [6, 6.07) is 14.8. The Morgan fingerprint density at radius 2 is 1.88 bits per heavy atom. The summed E-state index contributed by atoms with van der Waals surface area (Å²) in [5.41, 5.74) is 8.42. The van der Waals surface area contributed by atoms with Gasteiger partial charge in [0, 0.05) is 26.2 Å². The molecule has 1 aliphatic rings. The molecule has 1 unspecified atom stereocenters. The van der Waals surface area contributed by atoms with Gasteiger partial charge in [0.2, 0.25) is 11.8 Å². The van der Waals surface area contributed by atoms with Gasteiger partial charge in [-0.25, -0.2) is 4.90 Å². The van der Waals surface area contributed by atoms with Gasteiger partial charge in [-0.15, -0.1) is 5.10 Å². The topological polar surface area (TPSA) is 101 Å². The third-order valence-corrected chi connectivity index (χ3v) is 5.98. The minimum absolute atomic E-state index is 0.0597. The second kappa shape index (κ2) is 11.5. The third-order valence-electron chi connectivity index (χ3n) is 5.00. The van der Waals surface area contributed by atoms with Crippen LogP contribution < -0.4 is 20.3 Å². The van der Waals surface area contributed by atoms with Crippen LogP contribution in [0.3, 0.4) is 0 Å². The van der Waals surface area contributed by atoms with Crippen LogP contribution in [0.4, 0.5) is 11.4 Å². The summed E-state index contributed by atoms with van der Waals surface area (Å²) in [6.45, 7) is 2.73. The Hall–Kier alpha value is -3.33. The molecule has 1 saturated heterocycles. The number of thioether (sulfide) groups is 1. The van der Waals surface area contributed by atoms with Crippen LogP contribution in [-0.2, 0) is 9.59 Å². The number of nitrogens with two attached hydrogens (primary N) is 1. The van der Waals surface area contributed by atoms with Crippen LogP contribution in [0.25, 0.3) is 0 Å². The van der Waals surface area contributed by atoms with Crippen LogP contribution in [0.5, 0.6) is 5.75 Å². The lowest BCUT2D eigenvalue weighted by Gasteiger charge is -2.15. The summed E-state index contributed by atoms with van der Waals surface area (Å²) in [7, 11) is 3.94. The molecule has 0 aromatic heterocycles. The summed E-state index contributed by atoms with van der Waals surface area (Å²) in [5.74, 6) is 0.128. The fraction of sp³-hybridized carbons (Fsp3) is 0.333. The number of carbonyl (C=O) groups is 2. The number of amides is 2. The maximum atomic E-state index is 12.8. The van der Waals surface area contributed by atoms with Gasteiger partial charge in [0.15, 0.2) is 5.17 Å². The molecule has 0 aliphatic carbocycles. The molecule has 33 heavy (non-hydrogen) atoms. The van der Waals surface area contributed by atoms with E-state index in [1.807, 2.05) is 43.3 Å². The number of unbranched alkanes of at least 4 members (excludes halogenated alkanes) is 1. The summed E-state index contributed by atoms with van der Waals surface area (Å²) < 4.78 is 5.64. The van der Waals surface area contributed by atoms with E-state index in [-0.39, 0.29) is 23.4 Å². The van der Waals surface area contributed by atoms with Crippen LogP contribution >= 0.6 is 11.8 Å². The number of ether oxygens (including phenoxy) is 1. The van der Waals surface area contributed by atoms with Crippen molar-refractivity contribution in [1.82, 2.24) is 0 Å². The first-order chi connectivity index (χ1) is 15.9. The first-order valence-corrected chi connectivity index (χ1v) is 11.7. The summed E-state index contributed by atoms with van der Waals surface area (Å²) in [6.07, 6.45) is 3.67. The molecule has 2 aromatic carbocycles. The second-order valence-corrected chi connectivity index (χ2v) is 8.97. The minimum Gasteiger partial charge on any atom is -0.494 e. The lowest BCUT2D eigenvalue weighted by molar-refractivity contribution is -0.121. The number of carbonyl (C=O) groups excluding carboxylic acids is 2. The molecular weight excluding hydrogens is 438 g/mol. The van der Waals surface area contributed by atoms with Crippen LogP contribution in [-0.4, -0.2) is 49.1 Å². The fourth-order valence-corrected chi connectivity index (χ4v) is 3.99. The molecule has 0 spiro atoms. The van der Waals surface area contributed by atoms with Gasteiger partial charge in [-0.2, -0.15) is 5.10 Å². The highest BCUT2D eigenvalue weighted by Gasteiger charge is 2.40. The van der Waals surface area contributed by atoms with Crippen molar-refractivity contribution >= 4 is 46.3 Å². The Bertz CT molecular complexity index is 1020. The van der Waals surface area contributed by atoms with E-state index >= 15 is 0 Å². The standard InChI is InChI=1S/C24H29N5O3S/c1-4-5-14-32-20-12-10-19(11-13-20)29-22(30)15-21(23(29)31)33-24(25)27-26-16-17-6-8-18(9-7-17)28(2)3/h6-13,16,21H,4-5,14-15H2,1-3H3,(H2,25,27)/b26-16+. The zero-order valence-electron chi connectivity index (χ0n) is 19.1. The van der Waals surface area contributed by atoms with Crippen LogP contribution in [0.1, 0.15) is 31.7 Å². The van der Waals surface area contributed by atoms with Gasteiger partial charge in [-0.1, -0.05) is 37.2 Å². The van der Waals surface area contributed by atoms with E-state index in [1.54, 1.807) is 30.5 Å². The number of amidine groups is 1. The van der Waals surface area contributed by atoms with Gasteiger partial charge >= 0.3 is 0 Å². The molecule has 0 saturated carbocycles. The van der Waals surface area contributed by atoms with E-state index in [1.165, 1.54) is 4.90 Å². The highest BCUT2D eigenvalue weighted by molar-refractivity contribution is 8.14. The lowest BCUT2D eigenvalue weighted by Crippen LogP contribution is -2.31. The molecule has 1 fully saturated rings. The predicted octanol–water partition coefficient (Wildman–Crippen LogP) is 3.65. The van der Waals surface area contributed by atoms with Gasteiger partial charge in [-0.05, 0) is 48.4 Å². The number of nitrogens with zero attached hydrogens (tertiary/aromatic N) is 4. The Kier molecular flexibility index (Phi) is 8.48. The van der Waals surface area contributed by atoms with Gasteiger partial charge in [0.1, 0.15) is 11.0 Å². The summed E-state index contributed by atoms with van der Waals surface area (Å²) in [5, 5.41) is 7.46. The molecule has 2 N–H and O–H groups in total. The normalized spacial score (nSPS) is 16.6. The Labute approximate surface area is 198 Å². The largest absolute Gasteiger partial charge is 0.494 e. The Balaban J connectivity index is 1.58. The van der Waals surface area contributed by atoms with Gasteiger partial charge < -0.3 is 15.4 Å². The van der Waals surface area contributed by atoms with Crippen molar-refractivity contribution in [3.8, 4) is 5.75 Å². The number of imide groups is 1. The average molecular weight is 468 g/mol. The molecule has 0 bridgehead atoms. The molecule has 0 radical (unpaired) electrons. The summed E-state index contributed by atoms with van der Waals surface area (Å²) >= 11 is 1.05. The van der Waals surface area contributed by atoms with E-state index in [0.29, 0.717) is 18.0 Å².